The first-order valence-electron chi connectivity index (χ1n) is 7.15. The smallest absolute Gasteiger partial charge is 0.320 e. The first-order chi connectivity index (χ1) is 9.43. The van der Waals surface area contributed by atoms with Gasteiger partial charge in [0, 0.05) is 39.3 Å². The molecule has 116 valence electrons. The van der Waals surface area contributed by atoms with E-state index in [1.807, 2.05) is 4.90 Å². The molecule has 2 aliphatic heterocycles. The molecule has 2 heterocycles. The summed E-state index contributed by atoms with van der Waals surface area (Å²) in [5.74, 6) is -0.864. The van der Waals surface area contributed by atoms with Crippen molar-refractivity contribution in [1.29, 1.82) is 0 Å². The summed E-state index contributed by atoms with van der Waals surface area (Å²) in [6.45, 7) is 4.53. The van der Waals surface area contributed by atoms with Gasteiger partial charge in [-0.1, -0.05) is 6.42 Å². The van der Waals surface area contributed by atoms with E-state index in [-0.39, 0.29) is 0 Å². The number of nitrogens with zero attached hydrogens (tertiary/aromatic N) is 3. The minimum Gasteiger partial charge on any atom is -0.480 e. The number of aliphatic carboxylic acids is 1. The molecule has 2 fully saturated rings. The predicted octanol–water partition coefficient (Wildman–Crippen LogP) is -0.192. The van der Waals surface area contributed by atoms with Gasteiger partial charge >= 0.3 is 5.97 Å². The van der Waals surface area contributed by atoms with Crippen LogP contribution in [0.15, 0.2) is 0 Å². The number of hydrogen-bond donors (Lipinski definition) is 1. The van der Waals surface area contributed by atoms with E-state index in [1.54, 1.807) is 11.2 Å². The van der Waals surface area contributed by atoms with Crippen molar-refractivity contribution in [1.82, 2.24) is 13.5 Å². The van der Waals surface area contributed by atoms with Crippen LogP contribution in [0.2, 0.25) is 0 Å². The summed E-state index contributed by atoms with van der Waals surface area (Å²) in [4.78, 5) is 12.8. The zero-order valence-corrected chi connectivity index (χ0v) is 12.7. The Kier molecular flexibility index (Phi) is 5.00. The fourth-order valence-electron chi connectivity index (χ4n) is 2.74. The van der Waals surface area contributed by atoms with Crippen LogP contribution in [0.1, 0.15) is 26.2 Å². The van der Waals surface area contributed by atoms with E-state index in [1.165, 1.54) is 4.31 Å². The zero-order valence-electron chi connectivity index (χ0n) is 11.9. The van der Waals surface area contributed by atoms with Crippen LogP contribution in [-0.2, 0) is 15.0 Å². The van der Waals surface area contributed by atoms with Crippen molar-refractivity contribution in [2.45, 2.75) is 32.2 Å². The predicted molar refractivity (Wildman–Crippen MR) is 74.6 cm³/mol. The zero-order chi connectivity index (χ0) is 14.8. The standard InChI is InChI=1S/C12H23N3O4S/c1-11(12(16)17)13-7-9-15(10-8-13)20(18,19)14-5-3-2-4-6-14/h11H,2-10H2,1H3,(H,16,17). The average molecular weight is 305 g/mol. The van der Waals surface area contributed by atoms with E-state index < -0.39 is 22.2 Å². The highest BCUT2D eigenvalue weighted by molar-refractivity contribution is 7.86. The van der Waals surface area contributed by atoms with Crippen molar-refractivity contribution in [3.63, 3.8) is 0 Å². The van der Waals surface area contributed by atoms with Gasteiger partial charge in [-0.2, -0.15) is 17.0 Å². The quantitative estimate of drug-likeness (QED) is 0.778. The summed E-state index contributed by atoms with van der Waals surface area (Å²) in [6, 6.07) is -0.560. The maximum absolute atomic E-state index is 12.5. The molecule has 0 saturated carbocycles. The number of carboxylic acids is 1. The Morgan fingerprint density at radius 3 is 1.95 bits per heavy atom. The molecule has 0 amide bonds. The Morgan fingerprint density at radius 2 is 1.45 bits per heavy atom. The summed E-state index contributed by atoms with van der Waals surface area (Å²) in [7, 11) is -3.36. The summed E-state index contributed by atoms with van der Waals surface area (Å²) < 4.78 is 28.0. The van der Waals surface area contributed by atoms with Crippen molar-refractivity contribution in [3.8, 4) is 0 Å². The van der Waals surface area contributed by atoms with Crippen LogP contribution in [0.4, 0.5) is 0 Å². The molecule has 1 atom stereocenters. The molecule has 0 aliphatic carbocycles. The molecule has 7 nitrogen and oxygen atoms in total. The van der Waals surface area contributed by atoms with Gasteiger partial charge in [0.25, 0.3) is 10.2 Å². The molecule has 0 aromatic heterocycles. The Morgan fingerprint density at radius 1 is 0.950 bits per heavy atom. The molecule has 0 spiro atoms. The minimum atomic E-state index is -3.36. The third kappa shape index (κ3) is 3.30. The van der Waals surface area contributed by atoms with Crippen LogP contribution in [0.3, 0.4) is 0 Å². The lowest BCUT2D eigenvalue weighted by Gasteiger charge is -2.38. The summed E-state index contributed by atoms with van der Waals surface area (Å²) >= 11 is 0. The van der Waals surface area contributed by atoms with Crippen LogP contribution >= 0.6 is 0 Å². The number of piperidine rings is 1. The van der Waals surface area contributed by atoms with Crippen molar-refractivity contribution >= 4 is 16.2 Å². The molecule has 2 rings (SSSR count). The van der Waals surface area contributed by atoms with Crippen molar-refractivity contribution in [2.75, 3.05) is 39.3 Å². The minimum absolute atomic E-state index is 0.371. The second-order valence-corrected chi connectivity index (χ2v) is 7.35. The van der Waals surface area contributed by atoms with Crippen LogP contribution in [-0.4, -0.2) is 78.3 Å². The monoisotopic (exact) mass is 305 g/mol. The Labute approximate surface area is 120 Å². The third-order valence-electron chi connectivity index (χ3n) is 4.15. The van der Waals surface area contributed by atoms with Gasteiger partial charge in [-0.25, -0.2) is 0 Å². The van der Waals surface area contributed by atoms with Gasteiger partial charge in [0.15, 0.2) is 0 Å². The topological polar surface area (TPSA) is 81.2 Å². The Bertz CT molecular complexity index is 440. The van der Waals surface area contributed by atoms with E-state index in [4.69, 9.17) is 5.11 Å². The molecule has 20 heavy (non-hydrogen) atoms. The van der Waals surface area contributed by atoms with Crippen LogP contribution < -0.4 is 0 Å². The lowest BCUT2D eigenvalue weighted by Crippen LogP contribution is -2.56. The fraction of sp³-hybridized carbons (Fsp3) is 0.917. The molecule has 0 bridgehead atoms. The average Bonchev–Trinajstić information content (AvgIpc) is 2.47. The molecule has 2 aliphatic rings. The molecule has 0 aromatic carbocycles. The number of rotatable bonds is 4. The summed E-state index contributed by atoms with van der Waals surface area (Å²) in [5, 5.41) is 8.98. The Hall–Kier alpha value is -0.700. The van der Waals surface area contributed by atoms with Gasteiger partial charge in [0.2, 0.25) is 0 Å². The highest BCUT2D eigenvalue weighted by Crippen LogP contribution is 2.18. The van der Waals surface area contributed by atoms with E-state index >= 15 is 0 Å². The van der Waals surface area contributed by atoms with E-state index in [0.29, 0.717) is 39.3 Å². The SMILES string of the molecule is CC(C(=O)O)N1CCN(S(=O)(=O)N2CCCCC2)CC1. The highest BCUT2D eigenvalue weighted by Gasteiger charge is 2.34. The lowest BCUT2D eigenvalue weighted by atomic mass is 10.2. The molecule has 0 aromatic rings. The van der Waals surface area contributed by atoms with Crippen LogP contribution in [0, 0.1) is 0 Å². The highest BCUT2D eigenvalue weighted by atomic mass is 32.2. The maximum atomic E-state index is 12.5. The van der Waals surface area contributed by atoms with Gasteiger partial charge in [0.1, 0.15) is 6.04 Å². The summed E-state index contributed by atoms with van der Waals surface area (Å²) in [6.07, 6.45) is 2.94. The second-order valence-electron chi connectivity index (χ2n) is 5.42. The van der Waals surface area contributed by atoms with Gasteiger partial charge in [-0.15, -0.1) is 0 Å². The molecular weight excluding hydrogens is 282 g/mol. The molecule has 0 radical (unpaired) electrons. The third-order valence-corrected chi connectivity index (χ3v) is 6.18. The van der Waals surface area contributed by atoms with Crippen molar-refractivity contribution in [3.05, 3.63) is 0 Å². The normalized spacial score (nSPS) is 25.4. The van der Waals surface area contributed by atoms with Gasteiger partial charge < -0.3 is 5.11 Å². The van der Waals surface area contributed by atoms with E-state index in [0.717, 1.165) is 19.3 Å². The largest absolute Gasteiger partial charge is 0.480 e. The van der Waals surface area contributed by atoms with Crippen molar-refractivity contribution < 1.29 is 18.3 Å². The van der Waals surface area contributed by atoms with E-state index in [9.17, 15) is 13.2 Å². The summed E-state index contributed by atoms with van der Waals surface area (Å²) in [5.41, 5.74) is 0. The number of hydrogen-bond acceptors (Lipinski definition) is 4. The van der Waals surface area contributed by atoms with Gasteiger partial charge in [-0.3, -0.25) is 9.69 Å². The number of carbonyl (C=O) groups is 1. The number of carboxylic acid groups (broad SMARTS) is 1. The van der Waals surface area contributed by atoms with E-state index in [2.05, 4.69) is 0 Å². The van der Waals surface area contributed by atoms with Crippen molar-refractivity contribution in [2.24, 2.45) is 0 Å². The molecular formula is C12H23N3O4S. The first-order valence-corrected chi connectivity index (χ1v) is 8.54. The van der Waals surface area contributed by atoms with Crippen LogP contribution in [0.5, 0.6) is 0 Å². The van der Waals surface area contributed by atoms with Gasteiger partial charge in [-0.05, 0) is 19.8 Å². The maximum Gasteiger partial charge on any atom is 0.320 e. The molecule has 8 heteroatoms. The molecule has 1 unspecified atom stereocenters. The second kappa shape index (κ2) is 6.38. The lowest BCUT2D eigenvalue weighted by molar-refractivity contribution is -0.143. The van der Waals surface area contributed by atoms with Crippen LogP contribution in [0.25, 0.3) is 0 Å². The van der Waals surface area contributed by atoms with Gasteiger partial charge in [0.05, 0.1) is 0 Å². The molecule has 2 saturated heterocycles. The fourth-order valence-corrected chi connectivity index (χ4v) is 4.41. The first kappa shape index (κ1) is 15.7. The molecule has 1 N–H and O–H groups in total. The Balaban J connectivity index is 1.94. The number of piperazine rings is 1.